The highest BCUT2D eigenvalue weighted by Gasteiger charge is 2.24. The van der Waals surface area contributed by atoms with Gasteiger partial charge in [-0.05, 0) is 12.8 Å². The normalized spacial score (nSPS) is 14.2. The van der Waals surface area contributed by atoms with Crippen LogP contribution in [0.1, 0.15) is 33.1 Å². The van der Waals surface area contributed by atoms with Crippen molar-refractivity contribution in [2.45, 2.75) is 37.6 Å². The number of amides is 1. The molecule has 5 heteroatoms. The number of halogens is 2. The van der Waals surface area contributed by atoms with Gasteiger partial charge < -0.3 is 10.4 Å². The lowest BCUT2D eigenvalue weighted by Gasteiger charge is -2.25. The molecule has 0 saturated carbocycles. The Balaban J connectivity index is 0. The monoisotopic (exact) mass is 303 g/mol. The van der Waals surface area contributed by atoms with Gasteiger partial charge in [0.2, 0.25) is 0 Å². The molecule has 12 heavy (non-hydrogen) atoms. The Morgan fingerprint density at radius 3 is 2.33 bits per heavy atom. The van der Waals surface area contributed by atoms with Crippen LogP contribution < -0.4 is 5.32 Å². The zero-order chi connectivity index (χ0) is 8.91. The van der Waals surface area contributed by atoms with Gasteiger partial charge in [0.15, 0.2) is 0 Å². The molecular weight excluding hydrogens is 290 g/mol. The third-order valence-electron chi connectivity index (χ3n) is 1.54. The molecule has 1 atom stereocenters. The van der Waals surface area contributed by atoms with Gasteiger partial charge in [0.25, 0.3) is 0 Å². The van der Waals surface area contributed by atoms with E-state index in [0.29, 0.717) is 0 Å². The van der Waals surface area contributed by atoms with Crippen LogP contribution in [-0.2, 0) is 0 Å². The fraction of sp³-hybridized carbons (Fsp3) is 0.857. The number of alkyl halides is 1. The fourth-order valence-electron chi connectivity index (χ4n) is 0.916. The van der Waals surface area contributed by atoms with Crippen LogP contribution in [0.4, 0.5) is 4.79 Å². The SMILES string of the molecule is Br.CCCC(Br)(CC)NC(=O)O. The average molecular weight is 305 g/mol. The molecule has 0 aromatic rings. The summed E-state index contributed by atoms with van der Waals surface area (Å²) >= 11 is 3.35. The van der Waals surface area contributed by atoms with Crippen molar-refractivity contribution in [2.24, 2.45) is 0 Å². The third-order valence-corrected chi connectivity index (χ3v) is 2.69. The molecule has 0 aromatic heterocycles. The van der Waals surface area contributed by atoms with Crippen LogP contribution in [0.2, 0.25) is 0 Å². The van der Waals surface area contributed by atoms with Crippen molar-refractivity contribution in [2.75, 3.05) is 0 Å². The summed E-state index contributed by atoms with van der Waals surface area (Å²) in [5.41, 5.74) is 0. The van der Waals surface area contributed by atoms with Gasteiger partial charge >= 0.3 is 6.09 Å². The maximum absolute atomic E-state index is 10.3. The van der Waals surface area contributed by atoms with Crippen LogP contribution in [-0.4, -0.2) is 15.6 Å². The van der Waals surface area contributed by atoms with E-state index in [9.17, 15) is 4.79 Å². The zero-order valence-electron chi connectivity index (χ0n) is 7.26. The van der Waals surface area contributed by atoms with Crippen molar-refractivity contribution in [3.8, 4) is 0 Å². The van der Waals surface area contributed by atoms with Crippen molar-refractivity contribution < 1.29 is 9.90 Å². The number of hydrogen-bond acceptors (Lipinski definition) is 1. The second kappa shape index (κ2) is 6.71. The Bertz CT molecular complexity index is 143. The standard InChI is InChI=1S/C7H14BrNO2.BrH/c1-3-5-7(8,4-2)9-6(10)11;/h9H,3-5H2,1-2H3,(H,10,11);1H. The van der Waals surface area contributed by atoms with E-state index in [0.717, 1.165) is 19.3 Å². The quantitative estimate of drug-likeness (QED) is 0.619. The molecule has 0 radical (unpaired) electrons. The molecule has 2 N–H and O–H groups in total. The Labute approximate surface area is 91.8 Å². The van der Waals surface area contributed by atoms with Crippen molar-refractivity contribution in [1.82, 2.24) is 5.32 Å². The second-order valence-corrected chi connectivity index (χ2v) is 4.02. The highest BCUT2D eigenvalue weighted by Crippen LogP contribution is 2.24. The Hall–Kier alpha value is 0.230. The van der Waals surface area contributed by atoms with Crippen molar-refractivity contribution in [3.05, 3.63) is 0 Å². The van der Waals surface area contributed by atoms with Crippen molar-refractivity contribution in [1.29, 1.82) is 0 Å². The lowest BCUT2D eigenvalue weighted by molar-refractivity contribution is 0.186. The maximum atomic E-state index is 10.3. The molecule has 0 saturated heterocycles. The van der Waals surface area contributed by atoms with E-state index in [1.807, 2.05) is 13.8 Å². The summed E-state index contributed by atoms with van der Waals surface area (Å²) in [7, 11) is 0. The summed E-state index contributed by atoms with van der Waals surface area (Å²) in [6.45, 7) is 3.97. The minimum absolute atomic E-state index is 0. The van der Waals surface area contributed by atoms with Crippen molar-refractivity contribution >= 4 is 39.0 Å². The first-order chi connectivity index (χ1) is 5.04. The van der Waals surface area contributed by atoms with Crippen LogP contribution >= 0.6 is 32.9 Å². The largest absolute Gasteiger partial charge is 0.465 e. The van der Waals surface area contributed by atoms with Gasteiger partial charge in [0.1, 0.15) is 0 Å². The van der Waals surface area contributed by atoms with E-state index in [1.165, 1.54) is 0 Å². The zero-order valence-corrected chi connectivity index (χ0v) is 10.6. The molecule has 0 aliphatic heterocycles. The molecule has 0 rings (SSSR count). The first-order valence-corrected chi connectivity index (χ1v) is 4.53. The molecule has 1 unspecified atom stereocenters. The second-order valence-electron chi connectivity index (χ2n) is 2.50. The van der Waals surface area contributed by atoms with E-state index in [1.54, 1.807) is 0 Å². The number of nitrogens with one attached hydrogen (secondary N) is 1. The lowest BCUT2D eigenvalue weighted by Crippen LogP contribution is -2.41. The molecule has 0 aromatic carbocycles. The summed E-state index contributed by atoms with van der Waals surface area (Å²) in [5.74, 6) is 0. The number of carbonyl (C=O) groups is 1. The smallest absolute Gasteiger partial charge is 0.405 e. The molecule has 1 amide bonds. The van der Waals surface area contributed by atoms with E-state index in [4.69, 9.17) is 5.11 Å². The molecule has 74 valence electrons. The Kier molecular flexibility index (Phi) is 8.25. The molecule has 0 aliphatic rings. The molecule has 0 spiro atoms. The Morgan fingerprint density at radius 2 is 2.08 bits per heavy atom. The van der Waals surface area contributed by atoms with Crippen LogP contribution in [0.5, 0.6) is 0 Å². The molecule has 0 aliphatic carbocycles. The van der Waals surface area contributed by atoms with Gasteiger partial charge in [0.05, 0.1) is 4.45 Å². The van der Waals surface area contributed by atoms with Crippen LogP contribution in [0, 0.1) is 0 Å². The summed E-state index contributed by atoms with van der Waals surface area (Å²) in [5, 5.41) is 10.9. The van der Waals surface area contributed by atoms with Gasteiger partial charge in [0, 0.05) is 0 Å². The predicted octanol–water partition coefficient (Wildman–Crippen LogP) is 3.13. The lowest BCUT2D eigenvalue weighted by atomic mass is 10.1. The van der Waals surface area contributed by atoms with Crippen LogP contribution in [0.25, 0.3) is 0 Å². The summed E-state index contributed by atoms with van der Waals surface area (Å²) in [6.07, 6.45) is 1.56. The third kappa shape index (κ3) is 5.83. The van der Waals surface area contributed by atoms with Gasteiger partial charge in [-0.2, -0.15) is 0 Å². The van der Waals surface area contributed by atoms with E-state index < -0.39 is 10.5 Å². The van der Waals surface area contributed by atoms with Gasteiger partial charge in [-0.15, -0.1) is 17.0 Å². The predicted molar refractivity (Wildman–Crippen MR) is 58.3 cm³/mol. The number of rotatable bonds is 4. The molecular formula is C7H15Br2NO2. The average Bonchev–Trinajstić information content (AvgIpc) is 1.87. The number of hydrogen-bond donors (Lipinski definition) is 2. The van der Waals surface area contributed by atoms with Crippen LogP contribution in [0.15, 0.2) is 0 Å². The highest BCUT2D eigenvalue weighted by molar-refractivity contribution is 9.10. The van der Waals surface area contributed by atoms with Gasteiger partial charge in [-0.3, -0.25) is 0 Å². The molecule has 0 heterocycles. The first kappa shape index (κ1) is 14.7. The summed E-state index contributed by atoms with van der Waals surface area (Å²) in [6, 6.07) is 0. The maximum Gasteiger partial charge on any atom is 0.405 e. The first-order valence-electron chi connectivity index (χ1n) is 3.74. The minimum atomic E-state index is -0.975. The van der Waals surface area contributed by atoms with Gasteiger partial charge in [-0.25, -0.2) is 4.79 Å². The molecule has 3 nitrogen and oxygen atoms in total. The van der Waals surface area contributed by atoms with Crippen LogP contribution in [0.3, 0.4) is 0 Å². The molecule has 0 bridgehead atoms. The summed E-state index contributed by atoms with van der Waals surface area (Å²) in [4.78, 5) is 10.3. The van der Waals surface area contributed by atoms with Gasteiger partial charge in [-0.1, -0.05) is 36.2 Å². The van der Waals surface area contributed by atoms with E-state index in [2.05, 4.69) is 21.2 Å². The fourth-order valence-corrected chi connectivity index (χ4v) is 1.48. The topological polar surface area (TPSA) is 49.3 Å². The van der Waals surface area contributed by atoms with Crippen molar-refractivity contribution in [3.63, 3.8) is 0 Å². The molecule has 0 fully saturated rings. The number of carboxylic acid groups (broad SMARTS) is 1. The summed E-state index contributed by atoms with van der Waals surface area (Å²) < 4.78 is -0.423. The minimum Gasteiger partial charge on any atom is -0.465 e. The van der Waals surface area contributed by atoms with E-state index >= 15 is 0 Å². The van der Waals surface area contributed by atoms with E-state index in [-0.39, 0.29) is 17.0 Å². The Morgan fingerprint density at radius 1 is 1.58 bits per heavy atom. The highest BCUT2D eigenvalue weighted by atomic mass is 79.9.